The van der Waals surface area contributed by atoms with Crippen molar-refractivity contribution in [2.75, 3.05) is 22.6 Å². The second-order valence-corrected chi connectivity index (χ2v) is 7.99. The van der Waals surface area contributed by atoms with Gasteiger partial charge >= 0.3 is 0 Å². The van der Waals surface area contributed by atoms with Crippen molar-refractivity contribution < 1.29 is 14.3 Å². The van der Waals surface area contributed by atoms with Crippen molar-refractivity contribution in [2.24, 2.45) is 7.05 Å². The van der Waals surface area contributed by atoms with Gasteiger partial charge in [-0.1, -0.05) is 48.2 Å². The summed E-state index contributed by atoms with van der Waals surface area (Å²) < 4.78 is 7.71. The molecule has 0 aliphatic carbocycles. The van der Waals surface area contributed by atoms with Crippen LogP contribution in [0.1, 0.15) is 11.1 Å². The van der Waals surface area contributed by atoms with Crippen LogP contribution in [0.5, 0.6) is 0 Å². The van der Waals surface area contributed by atoms with Gasteiger partial charge in [0.2, 0.25) is 11.1 Å². The molecule has 0 N–H and O–H groups in total. The van der Waals surface area contributed by atoms with Crippen molar-refractivity contribution in [3.8, 4) is 0 Å². The van der Waals surface area contributed by atoms with Crippen LogP contribution >= 0.6 is 11.8 Å². The molecule has 0 saturated heterocycles. The number of amides is 2. The lowest BCUT2D eigenvalue weighted by Crippen LogP contribution is -2.59. The average Bonchev–Trinajstić information content (AvgIpc) is 3.27. The van der Waals surface area contributed by atoms with Gasteiger partial charge in [-0.3, -0.25) is 14.5 Å². The summed E-state index contributed by atoms with van der Waals surface area (Å²) in [5, 5.41) is 11.8. The summed E-state index contributed by atoms with van der Waals surface area (Å²) in [4.78, 5) is 30.1. The van der Waals surface area contributed by atoms with Crippen LogP contribution in [0.3, 0.4) is 0 Å². The normalized spacial score (nSPS) is 19.9. The van der Waals surface area contributed by atoms with E-state index in [9.17, 15) is 9.59 Å². The molecule has 10 heteroatoms. The lowest BCUT2D eigenvalue weighted by Gasteiger charge is -2.43. The Bertz CT molecular complexity index is 1160. The molecular weight excluding hydrogens is 404 g/mol. The summed E-state index contributed by atoms with van der Waals surface area (Å²) in [5.74, 6) is -0.516. The number of nitrogens with zero attached hydrogens (tertiary/aromatic N) is 6. The molecule has 5 rings (SSSR count). The minimum absolute atomic E-state index is 0.0484. The fourth-order valence-corrected chi connectivity index (χ4v) is 4.67. The van der Waals surface area contributed by atoms with Crippen molar-refractivity contribution in [2.45, 2.75) is 17.5 Å². The standard InChI is InChI=1S/C20H18N6O3S/c1-24-16-10-6-4-8-14(16)20(18(24)28)26(15-9-5-3-7-13(15)11-29-20)17(27)12-30-19-21-22-23-25(19)2/h3-10H,11-12H2,1-2H3. The zero-order chi connectivity index (χ0) is 20.9. The van der Waals surface area contributed by atoms with E-state index in [0.29, 0.717) is 16.4 Å². The Hall–Kier alpha value is -3.24. The number of para-hydroxylation sites is 2. The highest BCUT2D eigenvalue weighted by atomic mass is 32.2. The van der Waals surface area contributed by atoms with Crippen LogP contribution in [-0.4, -0.2) is 44.8 Å². The number of hydrogen-bond acceptors (Lipinski definition) is 7. The minimum Gasteiger partial charge on any atom is -0.338 e. The third kappa shape index (κ3) is 2.57. The maximum Gasteiger partial charge on any atom is 0.285 e. The summed E-state index contributed by atoms with van der Waals surface area (Å²) in [6, 6.07) is 14.9. The van der Waals surface area contributed by atoms with E-state index in [1.807, 2.05) is 48.5 Å². The number of thioether (sulfide) groups is 1. The van der Waals surface area contributed by atoms with E-state index < -0.39 is 5.72 Å². The highest BCUT2D eigenvalue weighted by Gasteiger charge is 2.59. The van der Waals surface area contributed by atoms with Gasteiger partial charge < -0.3 is 9.64 Å². The number of aromatic nitrogens is 4. The molecule has 0 saturated carbocycles. The van der Waals surface area contributed by atoms with Crippen LogP contribution < -0.4 is 9.80 Å². The van der Waals surface area contributed by atoms with E-state index in [-0.39, 0.29) is 24.2 Å². The Labute approximate surface area is 176 Å². The molecule has 0 fully saturated rings. The number of carbonyl (C=O) groups is 2. The van der Waals surface area contributed by atoms with E-state index in [1.165, 1.54) is 21.3 Å². The molecule has 1 atom stereocenters. The van der Waals surface area contributed by atoms with Crippen LogP contribution in [-0.2, 0) is 33.7 Å². The Kier molecular flexibility index (Phi) is 4.33. The number of carbonyl (C=O) groups excluding carboxylic acids is 2. The smallest absolute Gasteiger partial charge is 0.285 e. The summed E-state index contributed by atoms with van der Waals surface area (Å²) >= 11 is 1.21. The number of ether oxygens (including phenoxy) is 1. The molecule has 0 radical (unpaired) electrons. The third-order valence-corrected chi connectivity index (χ3v) is 6.36. The number of benzene rings is 2. The molecule has 1 aromatic heterocycles. The molecular formula is C20H18N6O3S. The van der Waals surface area contributed by atoms with Crippen LogP contribution in [0.15, 0.2) is 53.7 Å². The van der Waals surface area contributed by atoms with Crippen molar-refractivity contribution in [1.29, 1.82) is 0 Å². The first kappa shape index (κ1) is 18.8. The molecule has 3 heterocycles. The summed E-state index contributed by atoms with van der Waals surface area (Å²) in [6.07, 6.45) is 0. The zero-order valence-corrected chi connectivity index (χ0v) is 17.2. The minimum atomic E-state index is -1.53. The van der Waals surface area contributed by atoms with Crippen LogP contribution in [0.2, 0.25) is 0 Å². The van der Waals surface area contributed by atoms with E-state index in [0.717, 1.165) is 11.3 Å². The first-order valence-corrected chi connectivity index (χ1v) is 10.3. The first-order valence-electron chi connectivity index (χ1n) is 9.32. The molecule has 30 heavy (non-hydrogen) atoms. The topological polar surface area (TPSA) is 93.4 Å². The molecule has 0 bridgehead atoms. The summed E-state index contributed by atoms with van der Waals surface area (Å²) in [7, 11) is 3.40. The fourth-order valence-electron chi connectivity index (χ4n) is 3.97. The van der Waals surface area contributed by atoms with Crippen molar-refractivity contribution >= 4 is 35.0 Å². The zero-order valence-electron chi connectivity index (χ0n) is 16.3. The van der Waals surface area contributed by atoms with Gasteiger partial charge in [-0.15, -0.1) is 5.10 Å². The van der Waals surface area contributed by atoms with Crippen LogP contribution in [0.25, 0.3) is 0 Å². The molecule has 3 aromatic rings. The molecule has 152 valence electrons. The average molecular weight is 422 g/mol. The Morgan fingerprint density at radius 1 is 1.13 bits per heavy atom. The first-order chi connectivity index (χ1) is 14.5. The van der Waals surface area contributed by atoms with Crippen molar-refractivity contribution in [1.82, 2.24) is 20.2 Å². The van der Waals surface area contributed by atoms with E-state index in [4.69, 9.17) is 4.74 Å². The number of aryl methyl sites for hydroxylation is 1. The maximum atomic E-state index is 13.6. The predicted molar refractivity (Wildman–Crippen MR) is 110 cm³/mol. The lowest BCUT2D eigenvalue weighted by molar-refractivity contribution is -0.152. The highest BCUT2D eigenvalue weighted by Crippen LogP contribution is 2.49. The van der Waals surface area contributed by atoms with Gasteiger partial charge in [0.15, 0.2) is 0 Å². The number of fused-ring (bicyclic) bond motifs is 3. The number of tetrazole rings is 1. The Balaban J connectivity index is 1.62. The number of likely N-dealkylation sites (N-methyl/N-ethyl adjacent to an activating group) is 1. The monoisotopic (exact) mass is 422 g/mol. The largest absolute Gasteiger partial charge is 0.338 e. The predicted octanol–water partition coefficient (Wildman–Crippen LogP) is 1.69. The van der Waals surface area contributed by atoms with Gasteiger partial charge in [-0.2, -0.15) is 0 Å². The molecule has 2 aliphatic heterocycles. The van der Waals surface area contributed by atoms with Crippen molar-refractivity contribution in [3.63, 3.8) is 0 Å². The van der Waals surface area contributed by atoms with E-state index in [2.05, 4.69) is 15.5 Å². The van der Waals surface area contributed by atoms with Crippen molar-refractivity contribution in [3.05, 3.63) is 59.7 Å². The summed E-state index contributed by atoms with van der Waals surface area (Å²) in [5.41, 5.74) is 1.37. The Morgan fingerprint density at radius 2 is 1.87 bits per heavy atom. The van der Waals surface area contributed by atoms with Gasteiger partial charge in [0.1, 0.15) is 0 Å². The summed E-state index contributed by atoms with van der Waals surface area (Å²) in [6.45, 7) is 0.230. The second-order valence-electron chi connectivity index (χ2n) is 7.05. The lowest BCUT2D eigenvalue weighted by atomic mass is 9.97. The molecule has 1 unspecified atom stereocenters. The molecule has 2 amide bonds. The van der Waals surface area contributed by atoms with E-state index in [1.54, 1.807) is 19.0 Å². The Morgan fingerprint density at radius 3 is 2.63 bits per heavy atom. The second kappa shape index (κ2) is 6.92. The SMILES string of the molecule is CN1C(=O)C2(OCc3ccccc3N2C(=O)CSc2nnnn2C)c2ccccc21. The quantitative estimate of drug-likeness (QED) is 0.593. The molecule has 2 aromatic carbocycles. The molecule has 1 spiro atoms. The fraction of sp³-hybridized carbons (Fsp3) is 0.250. The van der Waals surface area contributed by atoms with Gasteiger partial charge in [0.25, 0.3) is 11.6 Å². The van der Waals surface area contributed by atoms with Gasteiger partial charge in [-0.25, -0.2) is 4.68 Å². The van der Waals surface area contributed by atoms with E-state index >= 15 is 0 Å². The number of anilines is 2. The van der Waals surface area contributed by atoms with Gasteiger partial charge in [-0.05, 0) is 22.6 Å². The van der Waals surface area contributed by atoms with Crippen LogP contribution in [0.4, 0.5) is 11.4 Å². The number of rotatable bonds is 3. The highest BCUT2D eigenvalue weighted by molar-refractivity contribution is 7.99. The van der Waals surface area contributed by atoms with Crippen LogP contribution in [0, 0.1) is 0 Å². The van der Waals surface area contributed by atoms with Gasteiger partial charge in [0.05, 0.1) is 23.7 Å². The molecule has 9 nitrogen and oxygen atoms in total. The maximum absolute atomic E-state index is 13.6. The van der Waals surface area contributed by atoms with Gasteiger partial charge in [0, 0.05) is 25.2 Å². The molecule has 2 aliphatic rings. The third-order valence-electron chi connectivity index (χ3n) is 5.36. The number of hydrogen-bond donors (Lipinski definition) is 0.